The molecule has 0 saturated heterocycles. The second kappa shape index (κ2) is 14.4. The molecule has 0 heterocycles. The molecule has 0 aromatic carbocycles. The van der Waals surface area contributed by atoms with Crippen LogP contribution >= 0.6 is 0 Å². The zero-order chi connectivity index (χ0) is 10.5. The highest BCUT2D eigenvalue weighted by Crippen LogP contribution is 1.86. The summed E-state index contributed by atoms with van der Waals surface area (Å²) in [6.07, 6.45) is 5.22. The summed E-state index contributed by atoms with van der Waals surface area (Å²) in [5.74, 6) is 0. The number of hydrogen-bond acceptors (Lipinski definition) is 2. The fourth-order valence-corrected chi connectivity index (χ4v) is 0.828. The van der Waals surface area contributed by atoms with Gasteiger partial charge in [0.25, 0.3) is 0 Å². The molecule has 13 heavy (non-hydrogen) atoms. The van der Waals surface area contributed by atoms with Crippen molar-refractivity contribution in [2.75, 3.05) is 34.2 Å². The van der Waals surface area contributed by atoms with Crippen molar-refractivity contribution < 1.29 is 0 Å². The molecule has 0 aromatic rings. The first-order valence-electron chi connectivity index (χ1n) is 5.48. The Hall–Kier alpha value is -0.0800. The molecule has 0 saturated carbocycles. The monoisotopic (exact) mass is 188 g/mol. The molecule has 0 atom stereocenters. The van der Waals surface area contributed by atoms with Crippen molar-refractivity contribution in [3.8, 4) is 0 Å². The van der Waals surface area contributed by atoms with Crippen LogP contribution in [0.1, 0.15) is 39.5 Å². The summed E-state index contributed by atoms with van der Waals surface area (Å²) in [6, 6.07) is 0. The third-order valence-corrected chi connectivity index (χ3v) is 1.74. The Labute approximate surface area is 84.7 Å². The number of hydrogen-bond donors (Lipinski definition) is 1. The maximum Gasteiger partial charge on any atom is -0.00249 e. The van der Waals surface area contributed by atoms with Gasteiger partial charge in [0, 0.05) is 0 Å². The lowest BCUT2D eigenvalue weighted by Crippen LogP contribution is -2.12. The Balaban J connectivity index is 0. The Kier molecular flexibility index (Phi) is 17.1. The van der Waals surface area contributed by atoms with Crippen molar-refractivity contribution in [1.82, 2.24) is 10.2 Å². The van der Waals surface area contributed by atoms with Gasteiger partial charge in [0.1, 0.15) is 0 Å². The Morgan fingerprint density at radius 3 is 1.69 bits per heavy atom. The number of rotatable bonds is 6. The lowest BCUT2D eigenvalue weighted by atomic mass is 10.3. The molecule has 0 aliphatic carbocycles. The molecule has 0 aliphatic rings. The molecule has 0 aliphatic heterocycles. The molecule has 0 radical (unpaired) electrons. The predicted octanol–water partition coefficient (Wildman–Crippen LogP) is 2.35. The van der Waals surface area contributed by atoms with Gasteiger partial charge in [-0.05, 0) is 47.1 Å². The highest BCUT2D eigenvalue weighted by Gasteiger charge is 1.83. The molecule has 0 spiro atoms. The van der Waals surface area contributed by atoms with Gasteiger partial charge in [-0.1, -0.05) is 26.7 Å². The van der Waals surface area contributed by atoms with E-state index in [2.05, 4.69) is 38.2 Å². The highest BCUT2D eigenvalue weighted by atomic mass is 15.0. The second-order valence-electron chi connectivity index (χ2n) is 3.61. The van der Waals surface area contributed by atoms with Crippen molar-refractivity contribution in [2.45, 2.75) is 39.5 Å². The highest BCUT2D eigenvalue weighted by molar-refractivity contribution is 4.39. The summed E-state index contributed by atoms with van der Waals surface area (Å²) < 4.78 is 0. The van der Waals surface area contributed by atoms with Crippen LogP contribution < -0.4 is 5.32 Å². The molecule has 0 unspecified atom stereocenters. The summed E-state index contributed by atoms with van der Waals surface area (Å²) in [5.41, 5.74) is 0. The molecule has 0 amide bonds. The minimum atomic E-state index is 1.16. The lowest BCUT2D eigenvalue weighted by molar-refractivity contribution is 0.398. The van der Waals surface area contributed by atoms with Crippen molar-refractivity contribution >= 4 is 0 Å². The van der Waals surface area contributed by atoms with Gasteiger partial charge >= 0.3 is 0 Å². The normalized spacial score (nSPS) is 9.69. The van der Waals surface area contributed by atoms with E-state index in [1.165, 1.54) is 32.2 Å². The van der Waals surface area contributed by atoms with Gasteiger partial charge in [-0.15, -0.1) is 0 Å². The minimum absolute atomic E-state index is 1.16. The van der Waals surface area contributed by atoms with E-state index in [1.807, 2.05) is 7.05 Å². The average molecular weight is 188 g/mol. The summed E-state index contributed by atoms with van der Waals surface area (Å²) in [7, 11) is 6.20. The maximum atomic E-state index is 3.07. The van der Waals surface area contributed by atoms with Crippen LogP contribution in [0.25, 0.3) is 0 Å². The van der Waals surface area contributed by atoms with Gasteiger partial charge < -0.3 is 10.2 Å². The van der Waals surface area contributed by atoms with Crippen LogP contribution in [-0.2, 0) is 0 Å². The fraction of sp³-hybridized carbons (Fsp3) is 1.00. The third kappa shape index (κ3) is 24.5. The summed E-state index contributed by atoms with van der Waals surface area (Å²) in [6.45, 7) is 6.80. The molecule has 2 nitrogen and oxygen atoms in total. The zero-order valence-corrected chi connectivity index (χ0v) is 10.2. The first-order chi connectivity index (χ1) is 6.18. The van der Waals surface area contributed by atoms with Gasteiger partial charge in [-0.25, -0.2) is 0 Å². The van der Waals surface area contributed by atoms with E-state index >= 15 is 0 Å². The Morgan fingerprint density at radius 1 is 1.00 bits per heavy atom. The SMILES string of the molecule is CCCCN(C)C.CCCCNC. The number of unbranched alkanes of at least 4 members (excludes halogenated alkanes) is 2. The molecule has 0 bridgehead atoms. The first-order valence-corrected chi connectivity index (χ1v) is 5.48. The Morgan fingerprint density at radius 2 is 1.54 bits per heavy atom. The van der Waals surface area contributed by atoms with Crippen LogP contribution in [0.2, 0.25) is 0 Å². The van der Waals surface area contributed by atoms with Gasteiger partial charge in [-0.2, -0.15) is 0 Å². The molecular weight excluding hydrogens is 160 g/mol. The van der Waals surface area contributed by atoms with Crippen LogP contribution in [-0.4, -0.2) is 39.1 Å². The van der Waals surface area contributed by atoms with Crippen molar-refractivity contribution in [1.29, 1.82) is 0 Å². The average Bonchev–Trinajstić information content (AvgIpc) is 2.12. The first kappa shape index (κ1) is 15.4. The third-order valence-electron chi connectivity index (χ3n) is 1.74. The van der Waals surface area contributed by atoms with E-state index in [9.17, 15) is 0 Å². The Bertz CT molecular complexity index is 68.5. The van der Waals surface area contributed by atoms with Gasteiger partial charge in [-0.3, -0.25) is 0 Å². The quantitative estimate of drug-likeness (QED) is 0.644. The van der Waals surface area contributed by atoms with Crippen molar-refractivity contribution in [3.05, 3.63) is 0 Å². The summed E-state index contributed by atoms with van der Waals surface area (Å²) in [5, 5.41) is 3.07. The molecule has 2 heteroatoms. The molecule has 1 N–H and O–H groups in total. The van der Waals surface area contributed by atoms with Gasteiger partial charge in [0.15, 0.2) is 0 Å². The zero-order valence-electron chi connectivity index (χ0n) is 10.2. The molecule has 0 aromatic heterocycles. The largest absolute Gasteiger partial charge is 0.320 e. The summed E-state index contributed by atoms with van der Waals surface area (Å²) >= 11 is 0. The molecular formula is C11H28N2. The van der Waals surface area contributed by atoms with Crippen LogP contribution in [0.4, 0.5) is 0 Å². The predicted molar refractivity (Wildman–Crippen MR) is 62.3 cm³/mol. The number of nitrogens with zero attached hydrogens (tertiary/aromatic N) is 1. The van der Waals surface area contributed by atoms with Crippen LogP contribution in [0.5, 0.6) is 0 Å². The van der Waals surface area contributed by atoms with E-state index in [0.717, 1.165) is 6.54 Å². The fourth-order valence-electron chi connectivity index (χ4n) is 0.828. The number of nitrogens with one attached hydrogen (secondary N) is 1. The van der Waals surface area contributed by atoms with E-state index < -0.39 is 0 Å². The molecule has 0 fully saturated rings. The van der Waals surface area contributed by atoms with Crippen molar-refractivity contribution in [2.24, 2.45) is 0 Å². The smallest absolute Gasteiger partial charge is 0.00249 e. The van der Waals surface area contributed by atoms with E-state index in [4.69, 9.17) is 0 Å². The summed E-state index contributed by atoms with van der Waals surface area (Å²) in [4.78, 5) is 2.21. The topological polar surface area (TPSA) is 15.3 Å². The van der Waals surface area contributed by atoms with Crippen molar-refractivity contribution in [3.63, 3.8) is 0 Å². The van der Waals surface area contributed by atoms with Gasteiger partial charge in [0.05, 0.1) is 0 Å². The lowest BCUT2D eigenvalue weighted by Gasteiger charge is -2.05. The molecule has 82 valence electrons. The van der Waals surface area contributed by atoms with Crippen LogP contribution in [0.3, 0.4) is 0 Å². The second-order valence-corrected chi connectivity index (χ2v) is 3.61. The molecule has 0 rings (SSSR count). The minimum Gasteiger partial charge on any atom is -0.320 e. The van der Waals surface area contributed by atoms with E-state index in [-0.39, 0.29) is 0 Å². The van der Waals surface area contributed by atoms with E-state index in [0.29, 0.717) is 0 Å². The van der Waals surface area contributed by atoms with Crippen LogP contribution in [0.15, 0.2) is 0 Å². The maximum absolute atomic E-state index is 3.07. The van der Waals surface area contributed by atoms with Crippen LogP contribution in [0, 0.1) is 0 Å². The van der Waals surface area contributed by atoms with E-state index in [1.54, 1.807) is 0 Å². The standard InChI is InChI=1S/C6H15N.C5H13N/c1-4-5-6-7(2)3;1-3-4-5-6-2/h4-6H2,1-3H3;6H,3-5H2,1-2H3. The van der Waals surface area contributed by atoms with Gasteiger partial charge in [0.2, 0.25) is 0 Å².